The number of benzene rings is 2. The highest BCUT2D eigenvalue weighted by atomic mass is 32.1. The van der Waals surface area contributed by atoms with Crippen LogP contribution in [0.25, 0.3) is 10.8 Å². The molecule has 0 aliphatic heterocycles. The SMILES string of the molecule is COc1ccc2cc(/C(C)=N/NC(=O)c3cccs3)ccc2c1. The number of carbonyl (C=O) groups excluding carboxylic acids is 1. The lowest BCUT2D eigenvalue weighted by Gasteiger charge is -2.06. The molecule has 0 aliphatic carbocycles. The molecule has 3 rings (SSSR count). The lowest BCUT2D eigenvalue weighted by molar-refractivity contribution is 0.0959. The third kappa shape index (κ3) is 3.40. The molecule has 1 aromatic heterocycles. The molecule has 0 fully saturated rings. The van der Waals surface area contributed by atoms with E-state index < -0.39 is 0 Å². The van der Waals surface area contributed by atoms with Crippen LogP contribution in [0.3, 0.4) is 0 Å². The number of nitrogens with one attached hydrogen (secondary N) is 1. The quantitative estimate of drug-likeness (QED) is 0.581. The van der Waals surface area contributed by atoms with Crippen LogP contribution in [0.5, 0.6) is 5.75 Å². The second-order valence-electron chi connectivity index (χ2n) is 5.04. The minimum atomic E-state index is -0.190. The Labute approximate surface area is 138 Å². The first-order chi connectivity index (χ1) is 11.2. The molecule has 0 unspecified atom stereocenters. The Morgan fingerprint density at radius 1 is 1.13 bits per heavy atom. The average molecular weight is 324 g/mol. The van der Waals surface area contributed by atoms with Gasteiger partial charge in [0.1, 0.15) is 5.75 Å². The van der Waals surface area contributed by atoms with Crippen molar-refractivity contribution in [1.29, 1.82) is 0 Å². The van der Waals surface area contributed by atoms with Gasteiger partial charge >= 0.3 is 0 Å². The van der Waals surface area contributed by atoms with Crippen LogP contribution in [0.15, 0.2) is 59.0 Å². The number of thiophene rings is 1. The summed E-state index contributed by atoms with van der Waals surface area (Å²) >= 11 is 1.39. The van der Waals surface area contributed by atoms with Crippen molar-refractivity contribution >= 4 is 33.7 Å². The predicted octanol–water partition coefficient (Wildman–Crippen LogP) is 4.06. The normalized spacial score (nSPS) is 11.5. The summed E-state index contributed by atoms with van der Waals surface area (Å²) < 4.78 is 5.23. The van der Waals surface area contributed by atoms with E-state index in [4.69, 9.17) is 4.74 Å². The summed E-state index contributed by atoms with van der Waals surface area (Å²) in [6.07, 6.45) is 0. The van der Waals surface area contributed by atoms with Crippen LogP contribution < -0.4 is 10.2 Å². The second-order valence-corrected chi connectivity index (χ2v) is 5.99. The first-order valence-electron chi connectivity index (χ1n) is 7.13. The number of nitrogens with zero attached hydrogens (tertiary/aromatic N) is 1. The van der Waals surface area contributed by atoms with Gasteiger partial charge in [0.2, 0.25) is 0 Å². The van der Waals surface area contributed by atoms with Crippen molar-refractivity contribution < 1.29 is 9.53 Å². The van der Waals surface area contributed by atoms with Gasteiger partial charge in [-0.25, -0.2) is 5.43 Å². The van der Waals surface area contributed by atoms with Gasteiger partial charge in [0.05, 0.1) is 17.7 Å². The molecule has 1 heterocycles. The van der Waals surface area contributed by atoms with E-state index in [1.54, 1.807) is 13.2 Å². The number of hydrogen-bond acceptors (Lipinski definition) is 4. The van der Waals surface area contributed by atoms with Gasteiger partial charge in [0.15, 0.2) is 0 Å². The smallest absolute Gasteiger partial charge is 0.281 e. The van der Waals surface area contributed by atoms with E-state index in [0.29, 0.717) is 4.88 Å². The summed E-state index contributed by atoms with van der Waals surface area (Å²) in [5.41, 5.74) is 4.31. The lowest BCUT2D eigenvalue weighted by atomic mass is 10.0. The Balaban J connectivity index is 1.81. The Morgan fingerprint density at radius 3 is 2.65 bits per heavy atom. The van der Waals surface area contributed by atoms with Gasteiger partial charge in [0, 0.05) is 0 Å². The van der Waals surface area contributed by atoms with Crippen LogP contribution in [0.1, 0.15) is 22.2 Å². The largest absolute Gasteiger partial charge is 0.497 e. The molecule has 0 atom stereocenters. The summed E-state index contributed by atoms with van der Waals surface area (Å²) in [4.78, 5) is 12.5. The summed E-state index contributed by atoms with van der Waals surface area (Å²) in [6.45, 7) is 1.87. The average Bonchev–Trinajstić information content (AvgIpc) is 3.13. The number of rotatable bonds is 4. The fraction of sp³-hybridized carbons (Fsp3) is 0.111. The number of fused-ring (bicyclic) bond motifs is 1. The number of methoxy groups -OCH3 is 1. The maximum absolute atomic E-state index is 11.9. The maximum atomic E-state index is 11.9. The molecule has 0 bridgehead atoms. The molecule has 4 nitrogen and oxygen atoms in total. The molecular weight excluding hydrogens is 308 g/mol. The fourth-order valence-electron chi connectivity index (χ4n) is 2.24. The topological polar surface area (TPSA) is 50.7 Å². The van der Waals surface area contributed by atoms with Crippen LogP contribution in [0.4, 0.5) is 0 Å². The molecule has 0 aliphatic rings. The first kappa shape index (κ1) is 15.2. The Hall–Kier alpha value is -2.66. The number of hydrogen-bond donors (Lipinski definition) is 1. The minimum absolute atomic E-state index is 0.190. The van der Waals surface area contributed by atoms with E-state index >= 15 is 0 Å². The van der Waals surface area contributed by atoms with E-state index in [1.165, 1.54) is 11.3 Å². The summed E-state index contributed by atoms with van der Waals surface area (Å²) in [5, 5.41) is 8.25. The van der Waals surface area contributed by atoms with Crippen molar-refractivity contribution in [2.75, 3.05) is 7.11 Å². The Morgan fingerprint density at radius 2 is 1.91 bits per heavy atom. The number of ether oxygens (including phenoxy) is 1. The zero-order valence-electron chi connectivity index (χ0n) is 12.9. The maximum Gasteiger partial charge on any atom is 0.281 e. The molecule has 0 saturated heterocycles. The molecule has 2 aromatic carbocycles. The zero-order chi connectivity index (χ0) is 16.2. The van der Waals surface area contributed by atoms with Crippen LogP contribution in [0, 0.1) is 0 Å². The number of hydrazone groups is 1. The van der Waals surface area contributed by atoms with Crippen molar-refractivity contribution in [1.82, 2.24) is 5.43 Å². The second kappa shape index (κ2) is 6.62. The van der Waals surface area contributed by atoms with Gasteiger partial charge in [-0.15, -0.1) is 11.3 Å². The van der Waals surface area contributed by atoms with Gasteiger partial charge in [0.25, 0.3) is 5.91 Å². The highest BCUT2D eigenvalue weighted by Crippen LogP contribution is 2.22. The molecule has 0 saturated carbocycles. The van der Waals surface area contributed by atoms with Gasteiger partial charge < -0.3 is 4.74 Å². The molecule has 1 amide bonds. The molecule has 0 radical (unpaired) electrons. The van der Waals surface area contributed by atoms with Crippen molar-refractivity contribution in [3.05, 3.63) is 64.4 Å². The summed E-state index contributed by atoms with van der Waals surface area (Å²) in [5.74, 6) is 0.642. The Kier molecular flexibility index (Phi) is 4.39. The van der Waals surface area contributed by atoms with E-state index in [2.05, 4.69) is 10.5 Å². The van der Waals surface area contributed by atoms with E-state index in [9.17, 15) is 4.79 Å². The highest BCUT2D eigenvalue weighted by molar-refractivity contribution is 7.12. The Bertz CT molecular complexity index is 870. The summed E-state index contributed by atoms with van der Waals surface area (Å²) in [6, 6.07) is 15.6. The monoisotopic (exact) mass is 324 g/mol. The van der Waals surface area contributed by atoms with E-state index in [-0.39, 0.29) is 5.91 Å². The predicted molar refractivity (Wildman–Crippen MR) is 94.5 cm³/mol. The van der Waals surface area contributed by atoms with Gasteiger partial charge in [-0.2, -0.15) is 5.10 Å². The van der Waals surface area contributed by atoms with Gasteiger partial charge in [-0.1, -0.05) is 24.3 Å². The van der Waals surface area contributed by atoms with Crippen molar-refractivity contribution in [3.63, 3.8) is 0 Å². The van der Waals surface area contributed by atoms with E-state index in [0.717, 1.165) is 27.8 Å². The van der Waals surface area contributed by atoms with Crippen molar-refractivity contribution in [3.8, 4) is 5.75 Å². The molecule has 1 N–H and O–H groups in total. The molecular formula is C18H16N2O2S. The van der Waals surface area contributed by atoms with Crippen molar-refractivity contribution in [2.45, 2.75) is 6.92 Å². The third-order valence-corrected chi connectivity index (χ3v) is 4.40. The third-order valence-electron chi connectivity index (χ3n) is 3.54. The fourth-order valence-corrected chi connectivity index (χ4v) is 2.85. The zero-order valence-corrected chi connectivity index (χ0v) is 13.7. The summed E-state index contributed by atoms with van der Waals surface area (Å²) in [7, 11) is 1.66. The first-order valence-corrected chi connectivity index (χ1v) is 8.01. The molecule has 116 valence electrons. The standard InChI is InChI=1S/C18H16N2O2S/c1-12(19-20-18(21)17-4-3-9-23-17)13-5-6-15-11-16(22-2)8-7-14(15)10-13/h3-11H,1-2H3,(H,20,21)/b19-12+. The van der Waals surface area contributed by atoms with Crippen LogP contribution in [-0.4, -0.2) is 18.7 Å². The molecule has 5 heteroatoms. The highest BCUT2D eigenvalue weighted by Gasteiger charge is 2.06. The molecule has 3 aromatic rings. The van der Waals surface area contributed by atoms with Gasteiger partial charge in [-0.3, -0.25) is 4.79 Å². The van der Waals surface area contributed by atoms with Crippen LogP contribution in [0.2, 0.25) is 0 Å². The van der Waals surface area contributed by atoms with Crippen LogP contribution in [-0.2, 0) is 0 Å². The van der Waals surface area contributed by atoms with Gasteiger partial charge in [-0.05, 0) is 52.9 Å². The van der Waals surface area contributed by atoms with Crippen molar-refractivity contribution in [2.24, 2.45) is 5.10 Å². The van der Waals surface area contributed by atoms with Crippen LogP contribution >= 0.6 is 11.3 Å². The molecule has 0 spiro atoms. The minimum Gasteiger partial charge on any atom is -0.497 e. The number of carbonyl (C=O) groups is 1. The number of amides is 1. The van der Waals surface area contributed by atoms with E-state index in [1.807, 2.05) is 54.8 Å². The lowest BCUT2D eigenvalue weighted by Crippen LogP contribution is -2.18. The molecule has 23 heavy (non-hydrogen) atoms.